The summed E-state index contributed by atoms with van der Waals surface area (Å²) in [6.45, 7) is 4.74. The number of aromatic nitrogens is 1. The molecule has 202 valence electrons. The normalized spacial score (nSPS) is 13.5. The molecule has 0 N–H and O–H groups in total. The van der Waals surface area contributed by atoms with Crippen molar-refractivity contribution in [1.29, 1.82) is 0 Å². The number of pyridine rings is 1. The number of hydrogen-bond donors (Lipinski definition) is 0. The Morgan fingerprint density at radius 2 is 1.05 bits per heavy atom. The zero-order valence-electron chi connectivity index (χ0n) is 24.2. The lowest BCUT2D eigenvalue weighted by Gasteiger charge is -2.35. The largest absolute Gasteiger partial charge is 0.263 e. The van der Waals surface area contributed by atoms with E-state index in [0.717, 1.165) is 0 Å². The molecule has 0 unspecified atom stereocenters. The quantitative estimate of drug-likeness (QED) is 0.196. The van der Waals surface area contributed by atoms with Crippen LogP contribution in [0.2, 0.25) is 0 Å². The van der Waals surface area contributed by atoms with Crippen LogP contribution in [-0.2, 0) is 5.41 Å². The van der Waals surface area contributed by atoms with E-state index in [1.165, 1.54) is 87.6 Å². The van der Waals surface area contributed by atoms with Crippen LogP contribution >= 0.6 is 0 Å². The first-order valence-corrected chi connectivity index (χ1v) is 15.1. The van der Waals surface area contributed by atoms with Crippen molar-refractivity contribution < 1.29 is 0 Å². The Morgan fingerprint density at radius 3 is 1.79 bits per heavy atom. The van der Waals surface area contributed by atoms with Gasteiger partial charge in [-0.25, -0.2) is 0 Å². The van der Waals surface area contributed by atoms with Crippen LogP contribution in [0.25, 0.3) is 76.5 Å². The van der Waals surface area contributed by atoms with Crippen molar-refractivity contribution in [2.45, 2.75) is 19.3 Å². The zero-order valence-corrected chi connectivity index (χ0v) is 24.2. The Bertz CT molecular complexity index is 2360. The first kappa shape index (κ1) is 24.3. The maximum absolute atomic E-state index is 4.63. The summed E-state index contributed by atoms with van der Waals surface area (Å²) in [6.07, 6.45) is 4.04. The van der Waals surface area contributed by atoms with Gasteiger partial charge in [-0.3, -0.25) is 4.98 Å². The molecule has 1 aliphatic carbocycles. The van der Waals surface area contributed by atoms with Crippen LogP contribution in [0.15, 0.2) is 140 Å². The van der Waals surface area contributed by atoms with Gasteiger partial charge in [-0.05, 0) is 82.7 Å². The summed E-state index contributed by atoms with van der Waals surface area (Å²) in [6, 6.07) is 47.1. The third-order valence-corrected chi connectivity index (χ3v) is 9.72. The predicted molar refractivity (Wildman–Crippen MR) is 183 cm³/mol. The van der Waals surface area contributed by atoms with Gasteiger partial charge in [0.2, 0.25) is 0 Å². The van der Waals surface area contributed by atoms with Gasteiger partial charge in [0, 0.05) is 28.8 Å². The number of rotatable bonds is 2. The van der Waals surface area contributed by atoms with E-state index in [4.69, 9.17) is 0 Å². The summed E-state index contributed by atoms with van der Waals surface area (Å²) < 4.78 is 0. The SMILES string of the molecule is CC1(C)c2cc(-c3c4ccccc4c(-c4cccc5ccccc45)c4ccccc34)ccc2-c2cncc3cccc1c23. The highest BCUT2D eigenvalue weighted by atomic mass is 14.6. The lowest BCUT2D eigenvalue weighted by atomic mass is 9.68. The van der Waals surface area contributed by atoms with Gasteiger partial charge in [0.15, 0.2) is 0 Å². The van der Waals surface area contributed by atoms with Crippen LogP contribution in [0.5, 0.6) is 0 Å². The molecule has 0 aliphatic heterocycles. The topological polar surface area (TPSA) is 12.9 Å². The second kappa shape index (κ2) is 8.86. The van der Waals surface area contributed by atoms with E-state index in [2.05, 4.69) is 146 Å². The summed E-state index contributed by atoms with van der Waals surface area (Å²) in [5.41, 5.74) is 10.2. The second-order valence-electron chi connectivity index (χ2n) is 12.3. The minimum atomic E-state index is -0.145. The van der Waals surface area contributed by atoms with Gasteiger partial charge in [-0.2, -0.15) is 0 Å². The second-order valence-corrected chi connectivity index (χ2v) is 12.3. The summed E-state index contributed by atoms with van der Waals surface area (Å²) in [7, 11) is 0. The molecule has 0 saturated heterocycles. The van der Waals surface area contributed by atoms with Crippen molar-refractivity contribution in [3.8, 4) is 33.4 Å². The van der Waals surface area contributed by atoms with Crippen LogP contribution < -0.4 is 0 Å². The van der Waals surface area contributed by atoms with E-state index in [9.17, 15) is 0 Å². The van der Waals surface area contributed by atoms with Crippen LogP contribution in [0.1, 0.15) is 25.0 Å². The average Bonchev–Trinajstić information content (AvgIpc) is 3.06. The summed E-state index contributed by atoms with van der Waals surface area (Å²) >= 11 is 0. The Balaban J connectivity index is 1.38. The first-order chi connectivity index (χ1) is 21.1. The van der Waals surface area contributed by atoms with Crippen molar-refractivity contribution in [2.24, 2.45) is 0 Å². The molecule has 7 aromatic carbocycles. The van der Waals surface area contributed by atoms with E-state index in [-0.39, 0.29) is 5.41 Å². The summed E-state index contributed by atoms with van der Waals surface area (Å²) in [5, 5.41) is 10.2. The molecule has 8 aromatic rings. The van der Waals surface area contributed by atoms with Crippen molar-refractivity contribution in [3.05, 3.63) is 151 Å². The lowest BCUT2D eigenvalue weighted by molar-refractivity contribution is 0.645. The zero-order chi connectivity index (χ0) is 28.7. The highest BCUT2D eigenvalue weighted by Crippen LogP contribution is 2.51. The molecule has 1 aromatic heterocycles. The number of nitrogens with zero attached hydrogens (tertiary/aromatic N) is 1. The van der Waals surface area contributed by atoms with E-state index in [1.807, 2.05) is 12.4 Å². The third kappa shape index (κ3) is 3.37. The molecule has 1 aliphatic rings. The molecular weight excluding hydrogens is 518 g/mol. The van der Waals surface area contributed by atoms with Crippen molar-refractivity contribution in [2.75, 3.05) is 0 Å². The maximum Gasteiger partial charge on any atom is 0.0353 e. The van der Waals surface area contributed by atoms with Crippen LogP contribution in [0.3, 0.4) is 0 Å². The molecule has 1 heteroatoms. The predicted octanol–water partition coefficient (Wildman–Crippen LogP) is 11.3. The fourth-order valence-corrected chi connectivity index (χ4v) is 7.73. The summed E-state index contributed by atoms with van der Waals surface area (Å²) in [5.74, 6) is 0. The number of benzene rings is 7. The standard InChI is InChI=1S/C42H29N/c1-42(2)37-20-10-13-28-24-43-25-36(40(28)37)30-22-21-27(23-38(30)42)39-32-15-5-7-17-34(32)41(35-18-8-6-16-33(35)39)31-19-9-12-26-11-3-4-14-29(26)31/h3-25H,1-2H3. The van der Waals surface area contributed by atoms with E-state index < -0.39 is 0 Å². The third-order valence-electron chi connectivity index (χ3n) is 9.72. The van der Waals surface area contributed by atoms with Crippen molar-refractivity contribution in [1.82, 2.24) is 4.98 Å². The molecule has 1 heterocycles. The van der Waals surface area contributed by atoms with Gasteiger partial charge in [-0.15, -0.1) is 0 Å². The average molecular weight is 548 g/mol. The molecule has 0 atom stereocenters. The number of hydrogen-bond acceptors (Lipinski definition) is 1. The Hall–Kier alpha value is -5.27. The minimum Gasteiger partial charge on any atom is -0.263 e. The molecule has 43 heavy (non-hydrogen) atoms. The van der Waals surface area contributed by atoms with E-state index in [0.29, 0.717) is 0 Å². The maximum atomic E-state index is 4.63. The van der Waals surface area contributed by atoms with Gasteiger partial charge in [-0.1, -0.05) is 135 Å². The highest BCUT2D eigenvalue weighted by Gasteiger charge is 2.34. The number of fused-ring (bicyclic) bond motifs is 5. The van der Waals surface area contributed by atoms with E-state index in [1.54, 1.807) is 0 Å². The lowest BCUT2D eigenvalue weighted by Crippen LogP contribution is -2.23. The molecule has 9 rings (SSSR count). The van der Waals surface area contributed by atoms with Crippen LogP contribution in [-0.4, -0.2) is 4.98 Å². The molecule has 1 nitrogen and oxygen atoms in total. The van der Waals surface area contributed by atoms with Gasteiger partial charge in [0.25, 0.3) is 0 Å². The minimum absolute atomic E-state index is 0.145. The van der Waals surface area contributed by atoms with Crippen molar-refractivity contribution >= 4 is 43.1 Å². The van der Waals surface area contributed by atoms with Crippen LogP contribution in [0, 0.1) is 0 Å². The summed E-state index contributed by atoms with van der Waals surface area (Å²) in [4.78, 5) is 4.63. The molecule has 0 radical (unpaired) electrons. The van der Waals surface area contributed by atoms with Gasteiger partial charge in [0.1, 0.15) is 0 Å². The van der Waals surface area contributed by atoms with Gasteiger partial charge in [0.05, 0.1) is 0 Å². The Morgan fingerprint density at radius 1 is 0.442 bits per heavy atom. The molecule has 0 saturated carbocycles. The monoisotopic (exact) mass is 547 g/mol. The van der Waals surface area contributed by atoms with Crippen LogP contribution in [0.4, 0.5) is 0 Å². The first-order valence-electron chi connectivity index (χ1n) is 15.1. The highest BCUT2D eigenvalue weighted by molar-refractivity contribution is 6.23. The molecule has 0 fully saturated rings. The van der Waals surface area contributed by atoms with Gasteiger partial charge < -0.3 is 0 Å². The Labute approximate surface area is 251 Å². The fraction of sp³-hybridized carbons (Fsp3) is 0.0714. The van der Waals surface area contributed by atoms with Crippen molar-refractivity contribution in [3.63, 3.8) is 0 Å². The van der Waals surface area contributed by atoms with E-state index >= 15 is 0 Å². The Kier molecular flexibility index (Phi) is 5.02. The fourth-order valence-electron chi connectivity index (χ4n) is 7.73. The molecular formula is C42H29N. The smallest absolute Gasteiger partial charge is 0.0353 e. The molecule has 0 spiro atoms. The molecule has 0 bridgehead atoms. The van der Waals surface area contributed by atoms with Gasteiger partial charge >= 0.3 is 0 Å². The molecule has 0 amide bonds.